The molecule has 1 rings (SSSR count). The van der Waals surface area contributed by atoms with Crippen LogP contribution in [-0.4, -0.2) is 30.1 Å². The van der Waals surface area contributed by atoms with Crippen molar-refractivity contribution in [1.29, 1.82) is 0 Å². The van der Waals surface area contributed by atoms with Crippen LogP contribution in [0.2, 0.25) is 0 Å². The Balaban J connectivity index is 1.98. The Morgan fingerprint density at radius 1 is 1.82 bits per heavy atom. The van der Waals surface area contributed by atoms with Gasteiger partial charge in [0.25, 0.3) is 0 Å². The minimum Gasteiger partial charge on any atom is -0.368 e. The van der Waals surface area contributed by atoms with Crippen LogP contribution < -0.4 is 11.2 Å². The lowest BCUT2D eigenvalue weighted by Gasteiger charge is -2.08. The Morgan fingerprint density at radius 2 is 2.64 bits per heavy atom. The Morgan fingerprint density at radius 3 is 3.18 bits per heavy atom. The van der Waals surface area contributed by atoms with E-state index in [0.717, 1.165) is 17.9 Å². The summed E-state index contributed by atoms with van der Waals surface area (Å²) in [6, 6.07) is 0.388. The Kier molecular flexibility index (Phi) is 3.68. The molecule has 0 aromatic carbocycles. The molecule has 1 fully saturated rings. The van der Waals surface area contributed by atoms with Crippen LogP contribution in [-0.2, 0) is 9.63 Å². The van der Waals surface area contributed by atoms with Gasteiger partial charge in [0.15, 0.2) is 0 Å². The summed E-state index contributed by atoms with van der Waals surface area (Å²) < 4.78 is 0. The summed E-state index contributed by atoms with van der Waals surface area (Å²) >= 11 is 1.88. The van der Waals surface area contributed by atoms with Crippen LogP contribution >= 0.6 is 11.8 Å². The Hall–Kier alpha value is -0.260. The van der Waals surface area contributed by atoms with Crippen LogP contribution in [0.15, 0.2) is 0 Å². The minimum absolute atomic E-state index is 0.0405. The SMILES string of the molecule is NC(=O)CONC1CCSC1. The summed E-state index contributed by atoms with van der Waals surface area (Å²) in [6.07, 6.45) is 1.10. The summed E-state index contributed by atoms with van der Waals surface area (Å²) in [7, 11) is 0. The second-order valence-electron chi connectivity index (χ2n) is 2.43. The van der Waals surface area contributed by atoms with E-state index in [1.54, 1.807) is 0 Å². The van der Waals surface area contributed by atoms with E-state index in [1.807, 2.05) is 11.8 Å². The standard InChI is InChI=1S/C6H12N2O2S/c7-6(9)3-10-8-5-1-2-11-4-5/h5,8H,1-4H2,(H2,7,9). The maximum Gasteiger partial charge on any atom is 0.245 e. The van der Waals surface area contributed by atoms with Gasteiger partial charge in [0.05, 0.1) is 0 Å². The Bertz CT molecular complexity index is 137. The maximum absolute atomic E-state index is 10.2. The van der Waals surface area contributed by atoms with Gasteiger partial charge in [0.2, 0.25) is 5.91 Å². The number of hydrogen-bond donors (Lipinski definition) is 2. The average molecular weight is 176 g/mol. The molecule has 0 bridgehead atoms. The van der Waals surface area contributed by atoms with Crippen molar-refractivity contribution in [3.63, 3.8) is 0 Å². The van der Waals surface area contributed by atoms with Gasteiger partial charge in [-0.25, -0.2) is 0 Å². The van der Waals surface area contributed by atoms with Crippen molar-refractivity contribution in [2.24, 2.45) is 5.73 Å². The number of rotatable bonds is 4. The summed E-state index contributed by atoms with van der Waals surface area (Å²) in [6.45, 7) is -0.0405. The molecule has 11 heavy (non-hydrogen) atoms. The van der Waals surface area contributed by atoms with Crippen LogP contribution in [0.4, 0.5) is 0 Å². The molecule has 1 unspecified atom stereocenters. The van der Waals surface area contributed by atoms with Crippen LogP contribution in [0.25, 0.3) is 0 Å². The highest BCUT2D eigenvalue weighted by Crippen LogP contribution is 2.16. The first-order valence-corrected chi connectivity index (χ1v) is 4.68. The molecule has 0 spiro atoms. The third-order valence-electron chi connectivity index (χ3n) is 1.39. The zero-order valence-corrected chi connectivity index (χ0v) is 7.02. The van der Waals surface area contributed by atoms with Crippen LogP contribution in [0.1, 0.15) is 6.42 Å². The molecule has 4 nitrogen and oxygen atoms in total. The second kappa shape index (κ2) is 4.58. The average Bonchev–Trinajstić information content (AvgIpc) is 2.39. The van der Waals surface area contributed by atoms with E-state index in [4.69, 9.17) is 10.6 Å². The molecule has 1 saturated heterocycles. The number of nitrogens with two attached hydrogens (primary N) is 1. The summed E-state index contributed by atoms with van der Waals surface area (Å²) in [5, 5.41) is 0. The van der Waals surface area contributed by atoms with Crippen molar-refractivity contribution in [2.45, 2.75) is 12.5 Å². The number of thioether (sulfide) groups is 1. The lowest BCUT2D eigenvalue weighted by molar-refractivity contribution is -0.125. The van der Waals surface area contributed by atoms with Gasteiger partial charge in [-0.1, -0.05) is 0 Å². The fraction of sp³-hybridized carbons (Fsp3) is 0.833. The molecule has 0 saturated carbocycles. The van der Waals surface area contributed by atoms with Gasteiger partial charge in [-0.3, -0.25) is 9.63 Å². The third kappa shape index (κ3) is 3.60. The molecule has 0 radical (unpaired) electrons. The molecule has 1 aliphatic heterocycles. The van der Waals surface area contributed by atoms with Gasteiger partial charge in [0.1, 0.15) is 6.61 Å². The molecule has 1 heterocycles. The zero-order chi connectivity index (χ0) is 8.10. The molecule has 0 aliphatic carbocycles. The van der Waals surface area contributed by atoms with Crippen molar-refractivity contribution in [1.82, 2.24) is 5.48 Å². The highest BCUT2D eigenvalue weighted by atomic mass is 32.2. The molecule has 0 aromatic heterocycles. The van der Waals surface area contributed by atoms with Crippen LogP contribution in [0.5, 0.6) is 0 Å². The highest BCUT2D eigenvalue weighted by molar-refractivity contribution is 7.99. The third-order valence-corrected chi connectivity index (χ3v) is 2.56. The van der Waals surface area contributed by atoms with Crippen LogP contribution in [0, 0.1) is 0 Å². The van der Waals surface area contributed by atoms with Crippen molar-refractivity contribution < 1.29 is 9.63 Å². The van der Waals surface area contributed by atoms with E-state index >= 15 is 0 Å². The predicted octanol–water partition coefficient (Wildman–Crippen LogP) is -0.502. The smallest absolute Gasteiger partial charge is 0.245 e. The zero-order valence-electron chi connectivity index (χ0n) is 6.21. The van der Waals surface area contributed by atoms with Gasteiger partial charge in [-0.2, -0.15) is 17.2 Å². The van der Waals surface area contributed by atoms with Crippen molar-refractivity contribution in [3.05, 3.63) is 0 Å². The summed E-state index contributed by atoms with van der Waals surface area (Å²) in [5.74, 6) is 1.78. The molecule has 1 atom stereocenters. The number of carbonyl (C=O) groups excluding carboxylic acids is 1. The molecule has 0 aromatic rings. The van der Waals surface area contributed by atoms with Crippen molar-refractivity contribution in [2.75, 3.05) is 18.1 Å². The predicted molar refractivity (Wildman–Crippen MR) is 44.0 cm³/mol. The number of carbonyl (C=O) groups is 1. The molecule has 1 amide bonds. The monoisotopic (exact) mass is 176 g/mol. The first kappa shape index (κ1) is 8.83. The molecular formula is C6H12N2O2S. The number of nitrogens with one attached hydrogen (secondary N) is 1. The van der Waals surface area contributed by atoms with Crippen molar-refractivity contribution in [3.8, 4) is 0 Å². The number of hydrogen-bond acceptors (Lipinski definition) is 4. The van der Waals surface area contributed by atoms with E-state index < -0.39 is 5.91 Å². The fourth-order valence-electron chi connectivity index (χ4n) is 0.858. The fourth-order valence-corrected chi connectivity index (χ4v) is 2.00. The number of amides is 1. The molecule has 5 heteroatoms. The van der Waals surface area contributed by atoms with Gasteiger partial charge in [-0.05, 0) is 12.2 Å². The van der Waals surface area contributed by atoms with E-state index in [2.05, 4.69) is 5.48 Å². The first-order valence-electron chi connectivity index (χ1n) is 3.52. The number of hydroxylamine groups is 1. The van der Waals surface area contributed by atoms with Crippen molar-refractivity contribution >= 4 is 17.7 Å². The highest BCUT2D eigenvalue weighted by Gasteiger charge is 2.14. The summed E-state index contributed by atoms with van der Waals surface area (Å²) in [4.78, 5) is 15.1. The Labute approximate surface area is 69.8 Å². The van der Waals surface area contributed by atoms with Gasteiger partial charge >= 0.3 is 0 Å². The lowest BCUT2D eigenvalue weighted by Crippen LogP contribution is -2.32. The normalized spacial score (nSPS) is 23.8. The largest absolute Gasteiger partial charge is 0.368 e. The quantitative estimate of drug-likeness (QED) is 0.567. The summed E-state index contributed by atoms with van der Waals surface area (Å²) in [5.41, 5.74) is 7.66. The van der Waals surface area contributed by atoms with E-state index in [-0.39, 0.29) is 6.61 Å². The van der Waals surface area contributed by atoms with Gasteiger partial charge < -0.3 is 5.73 Å². The van der Waals surface area contributed by atoms with E-state index in [9.17, 15) is 4.79 Å². The lowest BCUT2D eigenvalue weighted by atomic mass is 10.3. The van der Waals surface area contributed by atoms with E-state index in [0.29, 0.717) is 6.04 Å². The molecule has 64 valence electrons. The van der Waals surface area contributed by atoms with Crippen LogP contribution in [0.3, 0.4) is 0 Å². The number of primary amides is 1. The topological polar surface area (TPSA) is 64.4 Å². The van der Waals surface area contributed by atoms with Gasteiger partial charge in [-0.15, -0.1) is 0 Å². The maximum atomic E-state index is 10.2. The second-order valence-corrected chi connectivity index (χ2v) is 3.58. The first-order chi connectivity index (χ1) is 5.29. The molecule has 3 N–H and O–H groups in total. The molecule has 1 aliphatic rings. The van der Waals surface area contributed by atoms with E-state index in [1.165, 1.54) is 0 Å². The van der Waals surface area contributed by atoms with Gasteiger partial charge in [0, 0.05) is 11.8 Å². The molecular weight excluding hydrogens is 164 g/mol. The minimum atomic E-state index is -0.442.